The van der Waals surface area contributed by atoms with Gasteiger partial charge < -0.3 is 15.3 Å². The first-order chi connectivity index (χ1) is 7.81. The van der Waals surface area contributed by atoms with Crippen molar-refractivity contribution in [2.75, 3.05) is 26.1 Å². The monoisotopic (exact) mass is 220 g/mol. The summed E-state index contributed by atoms with van der Waals surface area (Å²) in [4.78, 5) is 5.42. The molecule has 3 atom stereocenters. The Hall–Kier alpha value is -1.10. The summed E-state index contributed by atoms with van der Waals surface area (Å²) in [5, 5.41) is 2.03. The number of nitrogens with zero attached hydrogens (tertiary/aromatic N) is 1. The second-order valence-corrected chi connectivity index (χ2v) is 4.42. The van der Waals surface area contributed by atoms with Gasteiger partial charge in [-0.2, -0.15) is 5.06 Å². The molecule has 0 aliphatic carbocycles. The van der Waals surface area contributed by atoms with Crippen LogP contribution in [0.3, 0.4) is 0 Å². The molecule has 4 heteroatoms. The van der Waals surface area contributed by atoms with E-state index in [4.69, 9.17) is 15.3 Å². The molecule has 0 spiro atoms. The maximum Gasteiger partial charge on any atom is 0.0673 e. The Bertz CT molecular complexity index is 379. The highest BCUT2D eigenvalue weighted by Crippen LogP contribution is 2.47. The Morgan fingerprint density at radius 2 is 2.06 bits per heavy atom. The topological polar surface area (TPSA) is 47.7 Å². The van der Waals surface area contributed by atoms with Crippen LogP contribution >= 0.6 is 0 Å². The van der Waals surface area contributed by atoms with E-state index in [9.17, 15) is 0 Å². The molecule has 0 unspecified atom stereocenters. The first-order valence-corrected chi connectivity index (χ1v) is 5.57. The lowest BCUT2D eigenvalue weighted by Gasteiger charge is -2.49. The van der Waals surface area contributed by atoms with E-state index in [-0.39, 0.29) is 0 Å². The third-order valence-corrected chi connectivity index (χ3v) is 3.59. The van der Waals surface area contributed by atoms with E-state index < -0.39 is 0 Å². The minimum Gasteiger partial charge on any atom is -0.399 e. The third-order valence-electron chi connectivity index (χ3n) is 3.59. The summed E-state index contributed by atoms with van der Waals surface area (Å²) >= 11 is 0. The normalized spacial score (nSPS) is 33.4. The van der Waals surface area contributed by atoms with Crippen LogP contribution in [0.5, 0.6) is 0 Å². The molecule has 0 saturated carbocycles. The lowest BCUT2D eigenvalue weighted by molar-refractivity contribution is -0.268. The fourth-order valence-corrected chi connectivity index (χ4v) is 2.75. The molecule has 16 heavy (non-hydrogen) atoms. The van der Waals surface area contributed by atoms with Gasteiger partial charge in [-0.3, -0.25) is 0 Å². The number of fused-ring (bicyclic) bond motifs is 1. The number of hydrogen-bond acceptors (Lipinski definition) is 4. The smallest absolute Gasteiger partial charge is 0.0673 e. The van der Waals surface area contributed by atoms with E-state index in [1.807, 2.05) is 17.2 Å². The van der Waals surface area contributed by atoms with Gasteiger partial charge in [-0.25, -0.2) is 0 Å². The van der Waals surface area contributed by atoms with E-state index in [0.29, 0.717) is 18.0 Å². The Balaban J connectivity index is 1.86. The lowest BCUT2D eigenvalue weighted by atomic mass is 9.80. The summed E-state index contributed by atoms with van der Waals surface area (Å²) in [7, 11) is 1.72. The zero-order valence-electron chi connectivity index (χ0n) is 9.30. The van der Waals surface area contributed by atoms with Crippen LogP contribution in [0.15, 0.2) is 24.3 Å². The van der Waals surface area contributed by atoms with Gasteiger partial charge in [0.05, 0.1) is 32.4 Å². The van der Waals surface area contributed by atoms with Crippen molar-refractivity contribution in [3.8, 4) is 0 Å². The van der Waals surface area contributed by atoms with Crippen molar-refractivity contribution in [2.24, 2.45) is 5.92 Å². The number of hydroxylamine groups is 2. The van der Waals surface area contributed by atoms with Crippen molar-refractivity contribution < 1.29 is 9.57 Å². The van der Waals surface area contributed by atoms with E-state index in [0.717, 1.165) is 18.9 Å². The minimum atomic E-state index is 0.318. The predicted octanol–water partition coefficient (Wildman–Crippen LogP) is 1.20. The molecule has 3 rings (SSSR count). The molecule has 2 aliphatic rings. The molecule has 86 valence electrons. The van der Waals surface area contributed by atoms with Gasteiger partial charge in [0.2, 0.25) is 0 Å². The predicted molar refractivity (Wildman–Crippen MR) is 60.5 cm³/mol. The number of hydrogen-bond donors (Lipinski definition) is 1. The van der Waals surface area contributed by atoms with Gasteiger partial charge >= 0.3 is 0 Å². The standard InChI is InChI=1S/C12H16N2O2/c1-15-14-11-7-16-6-10(11)12(14)8-2-4-9(13)5-3-8/h2-5,10-12H,6-7,13H2,1H3/t10-,11+,12+/m0/s1. The molecule has 0 aromatic heterocycles. The zero-order valence-corrected chi connectivity index (χ0v) is 9.30. The van der Waals surface area contributed by atoms with E-state index >= 15 is 0 Å². The van der Waals surface area contributed by atoms with Crippen molar-refractivity contribution in [1.82, 2.24) is 5.06 Å². The Morgan fingerprint density at radius 3 is 2.75 bits per heavy atom. The molecule has 2 N–H and O–H groups in total. The van der Waals surface area contributed by atoms with Crippen LogP contribution in [-0.4, -0.2) is 31.4 Å². The van der Waals surface area contributed by atoms with Crippen LogP contribution < -0.4 is 5.73 Å². The SMILES string of the molecule is CON1[C@@H]2COC[C@@H]2[C@H]1c1ccc(N)cc1. The maximum absolute atomic E-state index is 5.69. The first kappa shape index (κ1) is 10.1. The number of benzene rings is 1. The molecule has 2 saturated heterocycles. The lowest BCUT2D eigenvalue weighted by Crippen LogP contribution is -2.56. The Labute approximate surface area is 94.9 Å². The zero-order chi connectivity index (χ0) is 11.1. The number of nitrogen functional groups attached to an aromatic ring is 1. The summed E-state index contributed by atoms with van der Waals surface area (Å²) in [5.74, 6) is 0.559. The van der Waals surface area contributed by atoms with Crippen molar-refractivity contribution >= 4 is 5.69 Å². The first-order valence-electron chi connectivity index (χ1n) is 5.57. The van der Waals surface area contributed by atoms with E-state index in [2.05, 4.69) is 12.1 Å². The van der Waals surface area contributed by atoms with Crippen molar-refractivity contribution in [3.63, 3.8) is 0 Å². The molecule has 0 amide bonds. The van der Waals surface area contributed by atoms with Gasteiger partial charge in [-0.1, -0.05) is 12.1 Å². The molecule has 2 fully saturated rings. The van der Waals surface area contributed by atoms with Gasteiger partial charge in [0.1, 0.15) is 0 Å². The van der Waals surface area contributed by atoms with Crippen molar-refractivity contribution in [1.29, 1.82) is 0 Å². The van der Waals surface area contributed by atoms with Crippen LogP contribution in [0, 0.1) is 5.92 Å². The Morgan fingerprint density at radius 1 is 1.31 bits per heavy atom. The molecule has 2 heterocycles. The van der Waals surface area contributed by atoms with Crippen LogP contribution in [0.25, 0.3) is 0 Å². The number of ether oxygens (including phenoxy) is 1. The fraction of sp³-hybridized carbons (Fsp3) is 0.500. The summed E-state index contributed by atoms with van der Waals surface area (Å²) in [6.45, 7) is 1.61. The quantitative estimate of drug-likeness (QED) is 0.761. The van der Waals surface area contributed by atoms with E-state index in [1.54, 1.807) is 7.11 Å². The molecule has 0 bridgehead atoms. The number of anilines is 1. The van der Waals surface area contributed by atoms with Crippen LogP contribution in [-0.2, 0) is 9.57 Å². The van der Waals surface area contributed by atoms with Gasteiger partial charge in [0, 0.05) is 11.6 Å². The maximum atomic E-state index is 5.69. The van der Waals surface area contributed by atoms with Gasteiger partial charge in [0.15, 0.2) is 0 Å². The fourth-order valence-electron chi connectivity index (χ4n) is 2.75. The second-order valence-electron chi connectivity index (χ2n) is 4.42. The molecule has 1 aromatic rings. The van der Waals surface area contributed by atoms with Crippen LogP contribution in [0.2, 0.25) is 0 Å². The Kier molecular flexibility index (Phi) is 2.35. The van der Waals surface area contributed by atoms with Crippen LogP contribution in [0.4, 0.5) is 5.69 Å². The average Bonchev–Trinajstić information content (AvgIpc) is 2.67. The van der Waals surface area contributed by atoms with Gasteiger partial charge in [-0.05, 0) is 17.7 Å². The average molecular weight is 220 g/mol. The molecule has 1 aromatic carbocycles. The highest BCUT2D eigenvalue weighted by atomic mass is 16.7. The molecule has 0 radical (unpaired) electrons. The van der Waals surface area contributed by atoms with Crippen molar-refractivity contribution in [3.05, 3.63) is 29.8 Å². The molecule has 2 aliphatic heterocycles. The van der Waals surface area contributed by atoms with Gasteiger partial charge in [-0.15, -0.1) is 0 Å². The third kappa shape index (κ3) is 1.34. The van der Waals surface area contributed by atoms with Crippen LogP contribution in [0.1, 0.15) is 11.6 Å². The molecule has 4 nitrogen and oxygen atoms in total. The second kappa shape index (κ2) is 3.73. The number of rotatable bonds is 2. The minimum absolute atomic E-state index is 0.318. The summed E-state index contributed by atoms with van der Waals surface area (Å²) in [5.41, 5.74) is 7.74. The summed E-state index contributed by atoms with van der Waals surface area (Å²) in [6, 6.07) is 8.75. The molecular weight excluding hydrogens is 204 g/mol. The highest BCUT2D eigenvalue weighted by Gasteiger charge is 2.53. The summed E-state index contributed by atoms with van der Waals surface area (Å²) < 4.78 is 5.49. The largest absolute Gasteiger partial charge is 0.399 e. The highest BCUT2D eigenvalue weighted by molar-refractivity contribution is 5.41. The summed E-state index contributed by atoms with van der Waals surface area (Å²) in [6.07, 6.45) is 0. The van der Waals surface area contributed by atoms with E-state index in [1.165, 1.54) is 5.56 Å². The van der Waals surface area contributed by atoms with Crippen molar-refractivity contribution in [2.45, 2.75) is 12.1 Å². The van der Waals surface area contributed by atoms with Gasteiger partial charge in [0.25, 0.3) is 0 Å². The molecular formula is C12H16N2O2. The number of nitrogens with two attached hydrogens (primary N) is 1.